The Morgan fingerprint density at radius 1 is 1.32 bits per heavy atom. The molecular formula is C15H18N2O3S2. The number of amides is 1. The molecule has 0 aliphatic carbocycles. The first-order valence-electron chi connectivity index (χ1n) is 7.20. The number of carbonyl (C=O) groups is 1. The topological polar surface area (TPSA) is 66.8 Å². The Kier molecular flexibility index (Phi) is 4.27. The van der Waals surface area contributed by atoms with Gasteiger partial charge in [-0.25, -0.2) is 8.42 Å². The average Bonchev–Trinajstić information content (AvgIpc) is 2.92. The minimum absolute atomic E-state index is 0.00988. The van der Waals surface area contributed by atoms with Gasteiger partial charge < -0.3 is 4.90 Å². The average molecular weight is 338 g/mol. The fraction of sp³-hybridized carbons (Fsp3) is 0.467. The van der Waals surface area contributed by atoms with Crippen LogP contribution in [0.1, 0.15) is 12.0 Å². The van der Waals surface area contributed by atoms with E-state index in [0.29, 0.717) is 18.0 Å². The van der Waals surface area contributed by atoms with Gasteiger partial charge in [-0.3, -0.25) is 4.79 Å². The van der Waals surface area contributed by atoms with Gasteiger partial charge in [-0.05, 0) is 12.0 Å². The number of aliphatic imine (C=N–C) groups is 1. The predicted octanol–water partition coefficient (Wildman–Crippen LogP) is 1.35. The van der Waals surface area contributed by atoms with E-state index in [2.05, 4.69) is 4.99 Å². The van der Waals surface area contributed by atoms with E-state index in [4.69, 9.17) is 0 Å². The van der Waals surface area contributed by atoms with Crippen LogP contribution in [0.5, 0.6) is 0 Å². The van der Waals surface area contributed by atoms with Crippen molar-refractivity contribution in [2.24, 2.45) is 4.99 Å². The Labute approximate surface area is 134 Å². The van der Waals surface area contributed by atoms with Gasteiger partial charge >= 0.3 is 0 Å². The molecule has 3 rings (SSSR count). The fourth-order valence-electron chi connectivity index (χ4n) is 2.79. The summed E-state index contributed by atoms with van der Waals surface area (Å²) in [6.07, 6.45) is 1.04. The van der Waals surface area contributed by atoms with Gasteiger partial charge in [0, 0.05) is 18.7 Å². The van der Waals surface area contributed by atoms with Gasteiger partial charge in [0.25, 0.3) is 0 Å². The van der Waals surface area contributed by atoms with Crippen LogP contribution in [0.25, 0.3) is 0 Å². The van der Waals surface area contributed by atoms with Crippen LogP contribution in [0, 0.1) is 0 Å². The summed E-state index contributed by atoms with van der Waals surface area (Å²) in [6, 6.07) is 9.79. The van der Waals surface area contributed by atoms with Gasteiger partial charge in [0.15, 0.2) is 15.0 Å². The molecule has 2 atom stereocenters. The number of aryl methyl sites for hydroxylation is 1. The number of rotatable bonds is 3. The van der Waals surface area contributed by atoms with Crippen molar-refractivity contribution in [3.63, 3.8) is 0 Å². The van der Waals surface area contributed by atoms with Crippen molar-refractivity contribution in [1.29, 1.82) is 0 Å². The molecule has 22 heavy (non-hydrogen) atoms. The molecule has 0 saturated carbocycles. The Morgan fingerprint density at radius 2 is 2.05 bits per heavy atom. The highest BCUT2D eigenvalue weighted by Crippen LogP contribution is 2.36. The lowest BCUT2D eigenvalue weighted by Gasteiger charge is -2.17. The van der Waals surface area contributed by atoms with Crippen molar-refractivity contribution in [2.75, 3.05) is 18.6 Å². The summed E-state index contributed by atoms with van der Waals surface area (Å²) >= 11 is 1.42. The van der Waals surface area contributed by atoms with Crippen molar-refractivity contribution in [3.05, 3.63) is 35.9 Å². The highest BCUT2D eigenvalue weighted by atomic mass is 32.2. The van der Waals surface area contributed by atoms with Crippen molar-refractivity contribution in [2.45, 2.75) is 24.1 Å². The molecule has 118 valence electrons. The first-order chi connectivity index (χ1) is 10.4. The van der Waals surface area contributed by atoms with E-state index in [-0.39, 0.29) is 28.7 Å². The molecule has 2 aliphatic heterocycles. The quantitative estimate of drug-likeness (QED) is 0.832. The van der Waals surface area contributed by atoms with Gasteiger partial charge in [-0.1, -0.05) is 42.1 Å². The van der Waals surface area contributed by atoms with E-state index in [0.717, 1.165) is 5.56 Å². The zero-order valence-corrected chi connectivity index (χ0v) is 13.9. The molecule has 0 radical (unpaired) electrons. The molecule has 0 bridgehead atoms. The largest absolute Gasteiger partial charge is 0.349 e. The SMILES string of the molecule is CN1C(=NC(=O)CCc2ccccc2)S[C@H]2CS(=O)(=O)C[C@@H]21. The fourth-order valence-corrected chi connectivity index (χ4v) is 6.81. The molecule has 1 amide bonds. The smallest absolute Gasteiger partial charge is 0.248 e. The maximum atomic E-state index is 12.0. The maximum absolute atomic E-state index is 12.0. The molecule has 2 heterocycles. The minimum atomic E-state index is -2.94. The van der Waals surface area contributed by atoms with E-state index < -0.39 is 9.84 Å². The Balaban J connectivity index is 1.60. The normalized spacial score (nSPS) is 28.0. The second-order valence-corrected chi connectivity index (χ2v) is 9.05. The third kappa shape index (κ3) is 3.35. The predicted molar refractivity (Wildman–Crippen MR) is 88.8 cm³/mol. The zero-order valence-electron chi connectivity index (χ0n) is 12.3. The van der Waals surface area contributed by atoms with Crippen LogP contribution in [-0.4, -0.2) is 54.2 Å². The number of fused-ring (bicyclic) bond motifs is 1. The first-order valence-corrected chi connectivity index (χ1v) is 9.90. The summed E-state index contributed by atoms with van der Waals surface area (Å²) in [6.45, 7) is 0. The van der Waals surface area contributed by atoms with E-state index in [1.165, 1.54) is 11.8 Å². The standard InChI is InChI=1S/C15H18N2O3S2/c1-17-12-9-22(19,20)10-13(12)21-15(17)16-14(18)8-7-11-5-3-2-4-6-11/h2-6,12-13H,7-10H2,1H3/t12-,13-/m0/s1. The molecule has 0 aromatic heterocycles. The Morgan fingerprint density at radius 3 is 2.73 bits per heavy atom. The van der Waals surface area contributed by atoms with Crippen LogP contribution in [0.2, 0.25) is 0 Å². The van der Waals surface area contributed by atoms with Gasteiger partial charge in [0.2, 0.25) is 5.91 Å². The van der Waals surface area contributed by atoms with Crippen LogP contribution in [-0.2, 0) is 21.1 Å². The van der Waals surface area contributed by atoms with Crippen molar-refractivity contribution in [1.82, 2.24) is 4.90 Å². The number of benzene rings is 1. The minimum Gasteiger partial charge on any atom is -0.349 e. The molecule has 2 fully saturated rings. The Hall–Kier alpha value is -1.34. The lowest BCUT2D eigenvalue weighted by Crippen LogP contribution is -2.34. The lowest BCUT2D eigenvalue weighted by molar-refractivity contribution is -0.117. The van der Waals surface area contributed by atoms with E-state index in [1.54, 1.807) is 0 Å². The van der Waals surface area contributed by atoms with Gasteiger partial charge in [0.1, 0.15) is 0 Å². The summed E-state index contributed by atoms with van der Waals surface area (Å²) in [5.74, 6) is 0.198. The summed E-state index contributed by atoms with van der Waals surface area (Å²) in [5, 5.41) is 0.665. The van der Waals surface area contributed by atoms with Crippen molar-refractivity contribution < 1.29 is 13.2 Å². The van der Waals surface area contributed by atoms with E-state index in [9.17, 15) is 13.2 Å². The molecular weight excluding hydrogens is 320 g/mol. The third-order valence-corrected chi connectivity index (χ3v) is 7.32. The Bertz CT molecular complexity index is 701. The van der Waals surface area contributed by atoms with Crippen LogP contribution in [0.4, 0.5) is 0 Å². The summed E-state index contributed by atoms with van der Waals surface area (Å²) in [4.78, 5) is 18.0. The summed E-state index contributed by atoms with van der Waals surface area (Å²) in [7, 11) is -1.12. The number of amidine groups is 1. The summed E-state index contributed by atoms with van der Waals surface area (Å²) < 4.78 is 23.3. The molecule has 1 aromatic carbocycles. The van der Waals surface area contributed by atoms with Crippen LogP contribution >= 0.6 is 11.8 Å². The number of carbonyl (C=O) groups excluding carboxylic acids is 1. The van der Waals surface area contributed by atoms with Crippen molar-refractivity contribution >= 4 is 32.7 Å². The van der Waals surface area contributed by atoms with Gasteiger partial charge in [-0.15, -0.1) is 0 Å². The highest BCUT2D eigenvalue weighted by Gasteiger charge is 2.47. The second kappa shape index (κ2) is 6.04. The van der Waals surface area contributed by atoms with Crippen LogP contribution in [0.3, 0.4) is 0 Å². The van der Waals surface area contributed by atoms with Crippen molar-refractivity contribution in [3.8, 4) is 0 Å². The molecule has 0 unspecified atom stereocenters. The summed E-state index contributed by atoms with van der Waals surface area (Å²) in [5.41, 5.74) is 1.12. The first kappa shape index (κ1) is 15.6. The van der Waals surface area contributed by atoms with Gasteiger partial charge in [-0.2, -0.15) is 4.99 Å². The number of thioether (sulfide) groups is 1. The molecule has 1 aromatic rings. The third-order valence-electron chi connectivity index (χ3n) is 4.02. The molecule has 5 nitrogen and oxygen atoms in total. The number of sulfone groups is 1. The zero-order chi connectivity index (χ0) is 15.7. The molecule has 2 saturated heterocycles. The maximum Gasteiger partial charge on any atom is 0.248 e. The molecule has 0 spiro atoms. The van der Waals surface area contributed by atoms with E-state index >= 15 is 0 Å². The second-order valence-electron chi connectivity index (χ2n) is 5.69. The van der Waals surface area contributed by atoms with Gasteiger partial charge in [0.05, 0.1) is 17.5 Å². The number of hydrogen-bond donors (Lipinski definition) is 0. The number of nitrogens with zero attached hydrogens (tertiary/aromatic N) is 2. The lowest BCUT2D eigenvalue weighted by atomic mass is 10.1. The number of hydrogen-bond acceptors (Lipinski definition) is 4. The van der Waals surface area contributed by atoms with Crippen LogP contribution < -0.4 is 0 Å². The monoisotopic (exact) mass is 338 g/mol. The van der Waals surface area contributed by atoms with E-state index in [1.807, 2.05) is 42.3 Å². The highest BCUT2D eigenvalue weighted by molar-refractivity contribution is 8.15. The molecule has 7 heteroatoms. The molecule has 2 aliphatic rings. The molecule has 0 N–H and O–H groups in total. The van der Waals surface area contributed by atoms with Crippen LogP contribution in [0.15, 0.2) is 35.3 Å².